The van der Waals surface area contributed by atoms with Gasteiger partial charge >= 0.3 is 0 Å². The number of aliphatic imine (C=N–C) groups is 2. The lowest BCUT2D eigenvalue weighted by molar-refractivity contribution is 0.708. The minimum atomic E-state index is -0.254. The monoisotopic (exact) mass is 208 g/mol. The van der Waals surface area contributed by atoms with Crippen molar-refractivity contribution in [2.24, 2.45) is 9.98 Å². The molecule has 1 aromatic rings. The highest BCUT2D eigenvalue weighted by Gasteiger charge is 2.34. The van der Waals surface area contributed by atoms with E-state index < -0.39 is 0 Å². The van der Waals surface area contributed by atoms with Crippen LogP contribution in [0.5, 0.6) is 0 Å². The summed E-state index contributed by atoms with van der Waals surface area (Å²) in [5, 5.41) is 0. The molecule has 1 aliphatic heterocycles. The van der Waals surface area contributed by atoms with Gasteiger partial charge < -0.3 is 0 Å². The SMILES string of the molecule is C1=CC2=NC=NC2(Cc2ccccc2)C=C1. The van der Waals surface area contributed by atoms with Crippen LogP contribution >= 0.6 is 0 Å². The zero-order valence-corrected chi connectivity index (χ0v) is 8.88. The van der Waals surface area contributed by atoms with Crippen LogP contribution in [0.1, 0.15) is 5.56 Å². The minimum Gasteiger partial charge on any atom is -0.256 e. The van der Waals surface area contributed by atoms with Crippen LogP contribution < -0.4 is 0 Å². The summed E-state index contributed by atoms with van der Waals surface area (Å²) in [6.07, 6.45) is 10.8. The summed E-state index contributed by atoms with van der Waals surface area (Å²) in [4.78, 5) is 8.83. The normalized spacial score (nSPS) is 25.6. The van der Waals surface area contributed by atoms with Gasteiger partial charge in [0, 0.05) is 6.42 Å². The summed E-state index contributed by atoms with van der Waals surface area (Å²) < 4.78 is 0. The highest BCUT2D eigenvalue weighted by atomic mass is 15.0. The predicted molar refractivity (Wildman–Crippen MR) is 67.1 cm³/mol. The van der Waals surface area contributed by atoms with Crippen molar-refractivity contribution in [3.63, 3.8) is 0 Å². The molecule has 0 N–H and O–H groups in total. The van der Waals surface area contributed by atoms with Crippen molar-refractivity contribution in [3.8, 4) is 0 Å². The van der Waals surface area contributed by atoms with Gasteiger partial charge in [-0.1, -0.05) is 48.6 Å². The van der Waals surface area contributed by atoms with E-state index in [1.807, 2.05) is 24.3 Å². The fourth-order valence-electron chi connectivity index (χ4n) is 2.15. The molecule has 78 valence electrons. The van der Waals surface area contributed by atoms with Gasteiger partial charge in [0.15, 0.2) is 0 Å². The van der Waals surface area contributed by atoms with E-state index in [1.54, 1.807) is 6.34 Å². The Morgan fingerprint density at radius 2 is 1.94 bits per heavy atom. The molecule has 1 heterocycles. The van der Waals surface area contributed by atoms with Crippen molar-refractivity contribution in [2.75, 3.05) is 0 Å². The van der Waals surface area contributed by atoms with Gasteiger partial charge in [0.1, 0.15) is 11.9 Å². The molecule has 0 saturated carbocycles. The maximum absolute atomic E-state index is 4.52. The first-order valence-corrected chi connectivity index (χ1v) is 5.41. The predicted octanol–water partition coefficient (Wildman–Crippen LogP) is 2.58. The van der Waals surface area contributed by atoms with Gasteiger partial charge in [0.2, 0.25) is 0 Å². The van der Waals surface area contributed by atoms with Gasteiger partial charge in [-0.3, -0.25) is 4.99 Å². The Bertz CT molecular complexity index is 509. The molecule has 0 bridgehead atoms. The maximum atomic E-state index is 4.52. The lowest BCUT2D eigenvalue weighted by Crippen LogP contribution is -2.34. The summed E-state index contributed by atoms with van der Waals surface area (Å²) in [5.41, 5.74) is 2.07. The molecule has 0 spiro atoms. The first-order valence-electron chi connectivity index (χ1n) is 5.41. The number of rotatable bonds is 2. The third-order valence-electron chi connectivity index (χ3n) is 2.98. The van der Waals surface area contributed by atoms with Crippen LogP contribution in [0.4, 0.5) is 0 Å². The summed E-state index contributed by atoms with van der Waals surface area (Å²) in [6, 6.07) is 10.4. The molecule has 2 nitrogen and oxygen atoms in total. The smallest absolute Gasteiger partial charge is 0.127 e. The number of hydrogen-bond acceptors (Lipinski definition) is 2. The number of nitrogens with zero attached hydrogens (tertiary/aromatic N) is 2. The standard InChI is InChI=1S/C14H12N2/c1-2-6-12(7-3-1)10-14-9-5-4-8-13(14)15-11-16-14/h1-9,11H,10H2. The quantitative estimate of drug-likeness (QED) is 0.713. The molecule has 1 aliphatic carbocycles. The molecule has 0 aromatic heterocycles. The van der Waals surface area contributed by atoms with Gasteiger partial charge in [-0.05, 0) is 11.6 Å². The zero-order chi connectivity index (χ0) is 10.8. The van der Waals surface area contributed by atoms with Crippen LogP contribution in [0.3, 0.4) is 0 Å². The lowest BCUT2D eigenvalue weighted by Gasteiger charge is -2.24. The molecule has 2 heteroatoms. The van der Waals surface area contributed by atoms with Crippen molar-refractivity contribution in [3.05, 3.63) is 60.2 Å². The van der Waals surface area contributed by atoms with Crippen molar-refractivity contribution in [1.29, 1.82) is 0 Å². The first kappa shape index (κ1) is 9.28. The van der Waals surface area contributed by atoms with Crippen molar-refractivity contribution in [1.82, 2.24) is 0 Å². The fourth-order valence-corrected chi connectivity index (χ4v) is 2.15. The second-order valence-corrected chi connectivity index (χ2v) is 4.06. The summed E-state index contributed by atoms with van der Waals surface area (Å²) in [7, 11) is 0. The van der Waals surface area contributed by atoms with Gasteiger partial charge in [0.25, 0.3) is 0 Å². The fraction of sp³-hybridized carbons (Fsp3) is 0.143. The molecule has 0 saturated heterocycles. The van der Waals surface area contributed by atoms with Crippen LogP contribution in [0.2, 0.25) is 0 Å². The van der Waals surface area contributed by atoms with E-state index in [4.69, 9.17) is 0 Å². The third-order valence-corrected chi connectivity index (χ3v) is 2.98. The molecule has 1 unspecified atom stereocenters. The molecule has 2 aliphatic rings. The van der Waals surface area contributed by atoms with Gasteiger partial charge in [-0.15, -0.1) is 0 Å². The van der Waals surface area contributed by atoms with E-state index >= 15 is 0 Å². The molecule has 3 rings (SSSR count). The van der Waals surface area contributed by atoms with E-state index in [1.165, 1.54) is 5.56 Å². The summed E-state index contributed by atoms with van der Waals surface area (Å²) in [6.45, 7) is 0. The van der Waals surface area contributed by atoms with Crippen LogP contribution in [0, 0.1) is 0 Å². The second kappa shape index (κ2) is 3.56. The average molecular weight is 208 g/mol. The zero-order valence-electron chi connectivity index (χ0n) is 8.88. The number of benzene rings is 1. The highest BCUT2D eigenvalue weighted by molar-refractivity contribution is 6.12. The van der Waals surface area contributed by atoms with Crippen LogP contribution in [0.15, 0.2) is 64.6 Å². The molecule has 16 heavy (non-hydrogen) atoms. The van der Waals surface area contributed by atoms with E-state index in [0.29, 0.717) is 0 Å². The van der Waals surface area contributed by atoms with E-state index in [2.05, 4.69) is 40.3 Å². The topological polar surface area (TPSA) is 24.7 Å². The molecular formula is C14H12N2. The average Bonchev–Trinajstić information content (AvgIpc) is 2.73. The lowest BCUT2D eigenvalue weighted by atomic mass is 9.84. The van der Waals surface area contributed by atoms with Crippen LogP contribution in [-0.4, -0.2) is 17.6 Å². The molecule has 1 atom stereocenters. The number of allylic oxidation sites excluding steroid dienone is 2. The molecular weight excluding hydrogens is 196 g/mol. The first-order chi connectivity index (χ1) is 7.89. The second-order valence-electron chi connectivity index (χ2n) is 4.06. The van der Waals surface area contributed by atoms with Crippen molar-refractivity contribution < 1.29 is 0 Å². The van der Waals surface area contributed by atoms with E-state index in [-0.39, 0.29) is 5.54 Å². The number of hydrogen-bond donors (Lipinski definition) is 0. The largest absolute Gasteiger partial charge is 0.256 e. The Kier molecular flexibility index (Phi) is 2.07. The Hall–Kier alpha value is -1.96. The molecule has 1 aromatic carbocycles. The molecule has 0 fully saturated rings. The minimum absolute atomic E-state index is 0.254. The Morgan fingerprint density at radius 3 is 2.81 bits per heavy atom. The summed E-state index contributed by atoms with van der Waals surface area (Å²) in [5.74, 6) is 0. The van der Waals surface area contributed by atoms with Gasteiger partial charge in [-0.25, -0.2) is 4.99 Å². The summed E-state index contributed by atoms with van der Waals surface area (Å²) >= 11 is 0. The molecule has 0 amide bonds. The van der Waals surface area contributed by atoms with E-state index in [0.717, 1.165) is 12.1 Å². The Morgan fingerprint density at radius 1 is 1.06 bits per heavy atom. The Labute approximate surface area is 94.8 Å². The van der Waals surface area contributed by atoms with Crippen LogP contribution in [0.25, 0.3) is 0 Å². The molecule has 0 radical (unpaired) electrons. The third kappa shape index (κ3) is 1.43. The van der Waals surface area contributed by atoms with Crippen LogP contribution in [-0.2, 0) is 6.42 Å². The van der Waals surface area contributed by atoms with Crippen molar-refractivity contribution in [2.45, 2.75) is 12.0 Å². The van der Waals surface area contributed by atoms with Crippen molar-refractivity contribution >= 4 is 12.1 Å². The number of fused-ring (bicyclic) bond motifs is 1. The Balaban J connectivity index is 1.95. The van der Waals surface area contributed by atoms with Gasteiger partial charge in [-0.2, -0.15) is 0 Å². The maximum Gasteiger partial charge on any atom is 0.127 e. The van der Waals surface area contributed by atoms with Gasteiger partial charge in [0.05, 0.1) is 5.71 Å². The highest BCUT2D eigenvalue weighted by Crippen LogP contribution is 2.27. The van der Waals surface area contributed by atoms with E-state index in [9.17, 15) is 0 Å².